The van der Waals surface area contributed by atoms with Gasteiger partial charge in [0.05, 0.1) is 5.69 Å². The monoisotopic (exact) mass is 703 g/mol. The van der Waals surface area contributed by atoms with E-state index in [9.17, 15) is 0 Å². The molecule has 0 saturated carbocycles. The highest BCUT2D eigenvalue weighted by Crippen LogP contribution is 2.44. The van der Waals surface area contributed by atoms with Crippen LogP contribution in [0.1, 0.15) is 0 Å². The summed E-state index contributed by atoms with van der Waals surface area (Å²) < 4.78 is 13.1. The molecule has 0 atom stereocenters. The molecular formula is C52H33NO2. The van der Waals surface area contributed by atoms with Crippen molar-refractivity contribution in [2.45, 2.75) is 0 Å². The van der Waals surface area contributed by atoms with E-state index in [1.807, 2.05) is 12.1 Å². The largest absolute Gasteiger partial charge is 0.456 e. The van der Waals surface area contributed by atoms with E-state index in [1.165, 1.54) is 16.7 Å². The van der Waals surface area contributed by atoms with Crippen molar-refractivity contribution in [1.82, 2.24) is 0 Å². The molecule has 9 aromatic carbocycles. The van der Waals surface area contributed by atoms with Crippen LogP contribution in [0.4, 0.5) is 17.1 Å². The average molecular weight is 704 g/mol. The number of fused-ring (bicyclic) bond motifs is 8. The van der Waals surface area contributed by atoms with Crippen LogP contribution in [0.5, 0.6) is 0 Å². The minimum atomic E-state index is 0.855. The number of benzene rings is 9. The van der Waals surface area contributed by atoms with Gasteiger partial charge in [-0.1, -0.05) is 140 Å². The molecule has 3 nitrogen and oxygen atoms in total. The summed E-state index contributed by atoms with van der Waals surface area (Å²) in [5, 5.41) is 6.74. The first-order valence-corrected chi connectivity index (χ1v) is 18.7. The number of nitrogens with zero attached hydrogens (tertiary/aromatic N) is 1. The molecular weight excluding hydrogens is 671 g/mol. The zero-order valence-corrected chi connectivity index (χ0v) is 29.8. The van der Waals surface area contributed by atoms with Gasteiger partial charge in [-0.3, -0.25) is 0 Å². The highest BCUT2D eigenvalue weighted by atomic mass is 16.3. The van der Waals surface area contributed by atoms with E-state index >= 15 is 0 Å². The SMILES string of the molecule is c1ccc(-c2cccc(-c3ccc(N(c4ccc(-c5ccc6c(c5)oc5ccccc56)cc4)c4cccc5c4oc4c6ccccc6ccc54)cc3)c2)cc1. The van der Waals surface area contributed by atoms with Crippen molar-refractivity contribution in [3.05, 3.63) is 200 Å². The van der Waals surface area contributed by atoms with Crippen LogP contribution in [-0.4, -0.2) is 0 Å². The molecule has 11 aromatic rings. The van der Waals surface area contributed by atoms with Crippen LogP contribution in [0.3, 0.4) is 0 Å². The molecule has 2 heterocycles. The molecule has 0 N–H and O–H groups in total. The first-order chi connectivity index (χ1) is 27.2. The predicted molar refractivity (Wildman–Crippen MR) is 229 cm³/mol. The maximum Gasteiger partial charge on any atom is 0.159 e. The summed E-state index contributed by atoms with van der Waals surface area (Å²) in [7, 11) is 0. The number of para-hydroxylation sites is 2. The van der Waals surface area contributed by atoms with Crippen molar-refractivity contribution in [2.24, 2.45) is 0 Å². The molecule has 0 aliphatic heterocycles. The molecule has 0 aliphatic carbocycles. The Morgan fingerprint density at radius 1 is 0.291 bits per heavy atom. The van der Waals surface area contributed by atoms with Crippen LogP contribution in [-0.2, 0) is 0 Å². The Balaban J connectivity index is 1.03. The third-order valence-corrected chi connectivity index (χ3v) is 10.9. The normalized spacial score (nSPS) is 11.6. The van der Waals surface area contributed by atoms with E-state index in [1.54, 1.807) is 0 Å². The second-order valence-corrected chi connectivity index (χ2v) is 14.1. The van der Waals surface area contributed by atoms with Gasteiger partial charge in [-0.25, -0.2) is 0 Å². The highest BCUT2D eigenvalue weighted by molar-refractivity contribution is 6.17. The zero-order valence-electron chi connectivity index (χ0n) is 29.8. The second kappa shape index (κ2) is 12.6. The van der Waals surface area contributed by atoms with Crippen molar-refractivity contribution < 1.29 is 8.83 Å². The summed E-state index contributed by atoms with van der Waals surface area (Å²) in [6, 6.07) is 70.9. The van der Waals surface area contributed by atoms with Gasteiger partial charge in [0.15, 0.2) is 5.58 Å². The van der Waals surface area contributed by atoms with Crippen LogP contribution in [0.25, 0.3) is 88.0 Å². The number of hydrogen-bond donors (Lipinski definition) is 0. The van der Waals surface area contributed by atoms with Crippen molar-refractivity contribution in [1.29, 1.82) is 0 Å². The Labute approximate surface area is 317 Å². The van der Waals surface area contributed by atoms with Gasteiger partial charge >= 0.3 is 0 Å². The molecule has 0 unspecified atom stereocenters. The van der Waals surface area contributed by atoms with Gasteiger partial charge in [-0.15, -0.1) is 0 Å². The van der Waals surface area contributed by atoms with Crippen molar-refractivity contribution in [2.75, 3.05) is 4.90 Å². The minimum absolute atomic E-state index is 0.855. The molecule has 0 bridgehead atoms. The quantitative estimate of drug-likeness (QED) is 0.173. The van der Waals surface area contributed by atoms with Crippen molar-refractivity contribution >= 4 is 71.7 Å². The van der Waals surface area contributed by atoms with E-state index in [0.29, 0.717) is 0 Å². The lowest BCUT2D eigenvalue weighted by Gasteiger charge is -2.26. The van der Waals surface area contributed by atoms with E-state index < -0.39 is 0 Å². The first kappa shape index (κ1) is 31.2. The molecule has 0 radical (unpaired) electrons. The Morgan fingerprint density at radius 3 is 1.58 bits per heavy atom. The standard InChI is InChI=1S/C52H33NO2/c1-2-10-34(11-3-1)38-13-8-14-39(32-38)35-20-26-41(27-21-35)53(48-18-9-17-46-47-31-24-37-12-4-5-15-43(37)51(47)55-52(46)48)42-28-22-36(23-29-42)40-25-30-45-44-16-6-7-19-49(44)54-50(45)33-40/h1-33H. The summed E-state index contributed by atoms with van der Waals surface area (Å²) in [5.41, 5.74) is 13.6. The Bertz CT molecular complexity index is 3190. The van der Waals surface area contributed by atoms with Crippen LogP contribution in [0, 0.1) is 0 Å². The smallest absolute Gasteiger partial charge is 0.159 e. The third-order valence-electron chi connectivity index (χ3n) is 10.9. The maximum atomic E-state index is 6.88. The summed E-state index contributed by atoms with van der Waals surface area (Å²) >= 11 is 0. The lowest BCUT2D eigenvalue weighted by Crippen LogP contribution is -2.10. The van der Waals surface area contributed by atoms with E-state index in [2.05, 4.69) is 193 Å². The number of anilines is 3. The number of furan rings is 2. The topological polar surface area (TPSA) is 29.5 Å². The third kappa shape index (κ3) is 5.28. The summed E-state index contributed by atoms with van der Waals surface area (Å²) in [6.45, 7) is 0. The summed E-state index contributed by atoms with van der Waals surface area (Å²) in [4.78, 5) is 2.31. The van der Waals surface area contributed by atoms with Crippen molar-refractivity contribution in [3.8, 4) is 33.4 Å². The molecule has 0 aliphatic rings. The fourth-order valence-electron chi connectivity index (χ4n) is 8.13. The van der Waals surface area contributed by atoms with Gasteiger partial charge < -0.3 is 13.7 Å². The first-order valence-electron chi connectivity index (χ1n) is 18.7. The van der Waals surface area contributed by atoms with E-state index in [0.717, 1.165) is 88.4 Å². The van der Waals surface area contributed by atoms with Gasteiger partial charge in [0.2, 0.25) is 0 Å². The molecule has 2 aromatic heterocycles. The number of rotatable bonds is 6. The van der Waals surface area contributed by atoms with Gasteiger partial charge in [0.25, 0.3) is 0 Å². The molecule has 55 heavy (non-hydrogen) atoms. The molecule has 258 valence electrons. The summed E-state index contributed by atoms with van der Waals surface area (Å²) in [5.74, 6) is 0. The molecule has 11 rings (SSSR count). The van der Waals surface area contributed by atoms with Gasteiger partial charge in [-0.05, 0) is 99.4 Å². The van der Waals surface area contributed by atoms with Gasteiger partial charge in [-0.2, -0.15) is 0 Å². The van der Waals surface area contributed by atoms with Crippen molar-refractivity contribution in [3.63, 3.8) is 0 Å². The lowest BCUT2D eigenvalue weighted by atomic mass is 9.98. The fraction of sp³-hybridized carbons (Fsp3) is 0. The molecule has 3 heteroatoms. The summed E-state index contributed by atoms with van der Waals surface area (Å²) in [6.07, 6.45) is 0. The molecule has 0 fully saturated rings. The van der Waals surface area contributed by atoms with Crippen LogP contribution >= 0.6 is 0 Å². The van der Waals surface area contributed by atoms with Gasteiger partial charge in [0.1, 0.15) is 16.7 Å². The lowest BCUT2D eigenvalue weighted by molar-refractivity contribution is 0.669. The fourth-order valence-corrected chi connectivity index (χ4v) is 8.13. The van der Waals surface area contributed by atoms with E-state index in [-0.39, 0.29) is 0 Å². The second-order valence-electron chi connectivity index (χ2n) is 14.1. The predicted octanol–water partition coefficient (Wildman–Crippen LogP) is 15.1. The zero-order chi connectivity index (χ0) is 36.3. The Kier molecular flexibility index (Phi) is 7.17. The van der Waals surface area contributed by atoms with Crippen LogP contribution in [0.15, 0.2) is 209 Å². The Morgan fingerprint density at radius 2 is 0.818 bits per heavy atom. The average Bonchev–Trinajstić information content (AvgIpc) is 3.84. The van der Waals surface area contributed by atoms with E-state index in [4.69, 9.17) is 8.83 Å². The Hall–Kier alpha value is -7.36. The molecule has 0 spiro atoms. The van der Waals surface area contributed by atoms with Crippen LogP contribution < -0.4 is 4.90 Å². The van der Waals surface area contributed by atoms with Crippen LogP contribution in [0.2, 0.25) is 0 Å². The van der Waals surface area contributed by atoms with Gasteiger partial charge in [0, 0.05) is 38.3 Å². The number of hydrogen-bond acceptors (Lipinski definition) is 3. The highest BCUT2D eigenvalue weighted by Gasteiger charge is 2.21. The molecule has 0 amide bonds. The maximum absolute atomic E-state index is 6.88. The minimum Gasteiger partial charge on any atom is -0.456 e. The molecule has 0 saturated heterocycles.